The minimum atomic E-state index is -0.128. The van der Waals surface area contributed by atoms with E-state index in [1.54, 1.807) is 33.0 Å². The molecule has 0 fully saturated rings. The minimum Gasteiger partial charge on any atom is -0.493 e. The predicted octanol–water partition coefficient (Wildman–Crippen LogP) is 7.81. The second kappa shape index (κ2) is 16.4. The fourth-order valence-electron chi connectivity index (χ4n) is 8.10. The maximum absolute atomic E-state index is 12.4. The molecule has 1 N–H and O–H groups in total. The molecule has 2 atom stereocenters. The maximum atomic E-state index is 12.4. The van der Waals surface area contributed by atoms with E-state index < -0.39 is 0 Å². The number of carbonyl (C=O) groups excluding carboxylic acids is 1. The Kier molecular flexibility index (Phi) is 11.0. The molecule has 56 heavy (non-hydrogen) atoms. The normalized spacial score (nSPS) is 17.7. The van der Waals surface area contributed by atoms with Gasteiger partial charge in [-0.05, 0) is 116 Å². The first-order chi connectivity index (χ1) is 27.3. The summed E-state index contributed by atoms with van der Waals surface area (Å²) in [4.78, 5) is 21.8. The van der Waals surface area contributed by atoms with Crippen molar-refractivity contribution < 1.29 is 33.2 Å². The molecule has 0 radical (unpaired) electrons. The van der Waals surface area contributed by atoms with Gasteiger partial charge in [0.05, 0.1) is 39.6 Å². The van der Waals surface area contributed by atoms with Gasteiger partial charge in [0, 0.05) is 37.3 Å². The largest absolute Gasteiger partial charge is 0.493 e. The van der Waals surface area contributed by atoms with Crippen LogP contribution >= 0.6 is 11.3 Å². The smallest absolute Gasteiger partial charge is 0.262 e. The Labute approximate surface area is 332 Å². The van der Waals surface area contributed by atoms with Crippen LogP contribution < -0.4 is 33.7 Å². The van der Waals surface area contributed by atoms with Crippen LogP contribution in [0, 0.1) is 0 Å². The maximum Gasteiger partial charge on any atom is 0.262 e. The summed E-state index contributed by atoms with van der Waals surface area (Å²) < 4.78 is 38.1. The number of hydrogen-bond acceptors (Lipinski definition) is 11. The van der Waals surface area contributed by atoms with Crippen molar-refractivity contribution in [3.63, 3.8) is 0 Å². The molecule has 12 heteroatoms. The number of hydrogen-bond donors (Lipinski definition) is 1. The zero-order valence-electron chi connectivity index (χ0n) is 32.6. The Morgan fingerprint density at radius 3 is 2.29 bits per heavy atom. The van der Waals surface area contributed by atoms with Gasteiger partial charge >= 0.3 is 0 Å². The molecule has 1 aromatic heterocycles. The Bertz CT molecular complexity index is 2190. The van der Waals surface area contributed by atoms with E-state index in [0.717, 1.165) is 54.8 Å². The number of fused-ring (bicyclic) bond motifs is 2. The summed E-state index contributed by atoms with van der Waals surface area (Å²) in [6.45, 7) is 2.68. The summed E-state index contributed by atoms with van der Waals surface area (Å²) in [6, 6.07) is 21.0. The summed E-state index contributed by atoms with van der Waals surface area (Å²) >= 11 is 1.32. The molecule has 0 saturated carbocycles. The van der Waals surface area contributed by atoms with Crippen LogP contribution in [0.4, 0.5) is 0 Å². The number of methoxy groups -OCH3 is 3. The summed E-state index contributed by atoms with van der Waals surface area (Å²) in [5, 5.41) is 2.95. The monoisotopic (exact) mass is 776 g/mol. The Hall–Kier alpha value is -5.30. The molecule has 11 nitrogen and oxygen atoms in total. The summed E-state index contributed by atoms with van der Waals surface area (Å²) in [5.41, 5.74) is 8.62. The number of rotatable bonds is 9. The van der Waals surface area contributed by atoms with Crippen LogP contribution in [0.2, 0.25) is 0 Å². The van der Waals surface area contributed by atoms with Crippen molar-refractivity contribution >= 4 is 17.2 Å². The molecule has 9 rings (SSSR count). The van der Waals surface area contributed by atoms with Crippen molar-refractivity contribution in [2.45, 2.75) is 44.2 Å². The predicted molar refractivity (Wildman–Crippen MR) is 216 cm³/mol. The highest BCUT2D eigenvalue weighted by molar-refractivity contribution is 7.11. The molecule has 1 amide bonds. The molecule has 292 valence electrons. The van der Waals surface area contributed by atoms with Crippen LogP contribution in [0.1, 0.15) is 61.6 Å². The molecule has 4 aromatic carbocycles. The second-order valence-corrected chi connectivity index (χ2v) is 15.5. The van der Waals surface area contributed by atoms with Gasteiger partial charge in [0.1, 0.15) is 10.6 Å². The molecule has 0 unspecified atom stereocenters. The third kappa shape index (κ3) is 7.61. The van der Waals surface area contributed by atoms with Crippen LogP contribution in [-0.4, -0.2) is 82.4 Å². The number of amides is 1. The first-order valence-corrected chi connectivity index (χ1v) is 20.0. The lowest BCUT2D eigenvalue weighted by molar-refractivity contribution is 0.0955. The van der Waals surface area contributed by atoms with E-state index in [4.69, 9.17) is 28.4 Å². The highest BCUT2D eigenvalue weighted by Gasteiger charge is 2.35. The Morgan fingerprint density at radius 1 is 0.821 bits per heavy atom. The molecule has 0 saturated heterocycles. The number of benzene rings is 4. The number of aromatic nitrogens is 1. The first kappa shape index (κ1) is 37.6. The van der Waals surface area contributed by atoms with E-state index >= 15 is 0 Å². The number of ether oxygens (including phenoxy) is 6. The van der Waals surface area contributed by atoms with Gasteiger partial charge in [-0.2, -0.15) is 0 Å². The molecule has 4 aliphatic rings. The summed E-state index contributed by atoms with van der Waals surface area (Å²) in [5.74, 6) is 5.00. The van der Waals surface area contributed by atoms with Crippen molar-refractivity contribution in [2.24, 2.45) is 0 Å². The standard InChI is InChI=1S/C44H48N4O7S/c1-47-16-13-29-22-36(50-3)38-24-32(29)33(47)19-27-7-10-31(11-8-27)54-37-21-28(9-12-35(37)53-18-6-15-46-44(49)40-25-45-26-56-40)20-34-41-30(14-17-48(34)2)23-39(51-4)42(52-5)43(41)55-38/h7-12,21-26,33-34H,6,13-20H2,1-5H3,(H,46,49)/t33-,34+/m0/s1. The molecule has 0 aliphatic carbocycles. The average Bonchev–Trinajstić information content (AvgIpc) is 3.76. The SMILES string of the molecule is COc1cc2c3cc1Oc1c(OC)c(OC)cc4c1[C@@H](Cc1ccc(OCCCNC(=O)c5cncs5)c(c1)Oc1ccc(cc1)C[C@@H]3N(C)CC2)N(C)CC4. The summed E-state index contributed by atoms with van der Waals surface area (Å²) in [7, 11) is 9.37. The Balaban J connectivity index is 1.19. The topological polar surface area (TPSA) is 104 Å². The number of nitrogens with one attached hydrogen (secondary N) is 1. The number of thiazole rings is 1. The van der Waals surface area contributed by atoms with Gasteiger partial charge in [-0.3, -0.25) is 19.6 Å². The molecular weight excluding hydrogens is 729 g/mol. The molecular formula is C44H48N4O7S. The zero-order valence-corrected chi connectivity index (χ0v) is 33.4. The minimum absolute atomic E-state index is 0.0593. The number of carbonyl (C=O) groups is 1. The fourth-order valence-corrected chi connectivity index (χ4v) is 8.63. The van der Waals surface area contributed by atoms with Crippen LogP contribution in [-0.2, 0) is 25.7 Å². The van der Waals surface area contributed by atoms with Gasteiger partial charge in [0.25, 0.3) is 5.91 Å². The van der Waals surface area contributed by atoms with E-state index in [1.807, 2.05) is 18.2 Å². The second-order valence-electron chi connectivity index (χ2n) is 14.6. The van der Waals surface area contributed by atoms with Crippen molar-refractivity contribution in [3.05, 3.63) is 111 Å². The first-order valence-electron chi connectivity index (χ1n) is 19.1. The van der Waals surface area contributed by atoms with Crippen LogP contribution in [0.15, 0.2) is 72.4 Å². The highest BCUT2D eigenvalue weighted by Crippen LogP contribution is 2.52. The van der Waals surface area contributed by atoms with Crippen molar-refractivity contribution in [2.75, 3.05) is 61.7 Å². The van der Waals surface area contributed by atoms with E-state index in [1.165, 1.54) is 28.0 Å². The van der Waals surface area contributed by atoms with Crippen molar-refractivity contribution in [1.29, 1.82) is 0 Å². The van der Waals surface area contributed by atoms with Crippen molar-refractivity contribution in [1.82, 2.24) is 20.1 Å². The molecule has 5 heterocycles. The van der Waals surface area contributed by atoms with Gasteiger partial charge in [0.15, 0.2) is 34.5 Å². The van der Waals surface area contributed by atoms with Crippen LogP contribution in [0.5, 0.6) is 46.0 Å². The number of likely N-dealkylation sites (N-methyl/N-ethyl adjacent to an activating group) is 2. The van der Waals surface area contributed by atoms with E-state index in [0.29, 0.717) is 71.1 Å². The van der Waals surface area contributed by atoms with Gasteiger partial charge < -0.3 is 33.7 Å². The molecule has 5 aromatic rings. The average molecular weight is 777 g/mol. The third-order valence-corrected chi connectivity index (χ3v) is 11.9. The molecule has 0 spiro atoms. The van der Waals surface area contributed by atoms with Crippen LogP contribution in [0.3, 0.4) is 0 Å². The van der Waals surface area contributed by atoms with Gasteiger partial charge in [-0.25, -0.2) is 0 Å². The lowest BCUT2D eigenvalue weighted by Gasteiger charge is -2.37. The van der Waals surface area contributed by atoms with Gasteiger partial charge in [-0.1, -0.05) is 18.2 Å². The van der Waals surface area contributed by atoms with Gasteiger partial charge in [-0.15, -0.1) is 11.3 Å². The lowest BCUT2D eigenvalue weighted by Crippen LogP contribution is -2.34. The lowest BCUT2D eigenvalue weighted by atomic mass is 9.87. The third-order valence-electron chi connectivity index (χ3n) is 11.1. The van der Waals surface area contributed by atoms with Crippen LogP contribution in [0.25, 0.3) is 0 Å². The quantitative estimate of drug-likeness (QED) is 0.149. The highest BCUT2D eigenvalue weighted by atomic mass is 32.1. The van der Waals surface area contributed by atoms with Gasteiger partial charge in [0.2, 0.25) is 5.75 Å². The molecule has 4 aliphatic heterocycles. The zero-order chi connectivity index (χ0) is 38.8. The van der Waals surface area contributed by atoms with E-state index in [9.17, 15) is 4.79 Å². The number of nitrogens with zero attached hydrogens (tertiary/aromatic N) is 3. The molecule has 6 bridgehead atoms. The van der Waals surface area contributed by atoms with Crippen molar-refractivity contribution in [3.8, 4) is 46.0 Å². The Morgan fingerprint density at radius 2 is 1.54 bits per heavy atom. The fraction of sp³-hybridized carbons (Fsp3) is 0.364. The summed E-state index contributed by atoms with van der Waals surface area (Å²) in [6.07, 6.45) is 5.43. The van der Waals surface area contributed by atoms with E-state index in [-0.39, 0.29) is 18.0 Å². The van der Waals surface area contributed by atoms with E-state index in [2.05, 4.69) is 76.7 Å².